The molecule has 0 aromatic carbocycles. The average Bonchev–Trinajstić information content (AvgIpc) is 2.16. The van der Waals surface area contributed by atoms with Crippen molar-refractivity contribution in [2.45, 2.75) is 19.5 Å². The van der Waals surface area contributed by atoms with Gasteiger partial charge in [-0.1, -0.05) is 0 Å². The van der Waals surface area contributed by atoms with Gasteiger partial charge in [-0.3, -0.25) is 19.1 Å². The molecule has 7 heteroatoms. The highest BCUT2D eigenvalue weighted by molar-refractivity contribution is 5.66. The van der Waals surface area contributed by atoms with Crippen molar-refractivity contribution in [2.75, 3.05) is 0 Å². The summed E-state index contributed by atoms with van der Waals surface area (Å²) >= 11 is 0. The van der Waals surface area contributed by atoms with Crippen LogP contribution in [0.5, 0.6) is 0 Å². The maximum atomic E-state index is 11.2. The lowest BCUT2D eigenvalue weighted by Gasteiger charge is -2.04. The molecule has 0 spiro atoms. The second-order valence-electron chi connectivity index (χ2n) is 2.95. The van der Waals surface area contributed by atoms with Gasteiger partial charge in [0.2, 0.25) is 0 Å². The first-order chi connectivity index (χ1) is 7.04. The van der Waals surface area contributed by atoms with Crippen LogP contribution in [-0.2, 0) is 17.9 Å². The summed E-state index contributed by atoms with van der Waals surface area (Å²) in [6.07, 6.45) is 1.10. The van der Waals surface area contributed by atoms with Crippen LogP contribution in [0, 0.1) is 0 Å². The zero-order chi connectivity index (χ0) is 11.4. The molecule has 1 rings (SSSR count). The Morgan fingerprint density at radius 2 is 2.20 bits per heavy atom. The van der Waals surface area contributed by atoms with Crippen LogP contribution in [-0.4, -0.2) is 20.6 Å². The quantitative estimate of drug-likeness (QED) is 0.560. The molecule has 0 saturated carbocycles. The molecule has 0 bridgehead atoms. The number of H-pyrrole nitrogens is 1. The highest BCUT2D eigenvalue weighted by atomic mass is 16.4. The maximum Gasteiger partial charge on any atom is 0.328 e. The Morgan fingerprint density at radius 3 is 2.73 bits per heavy atom. The number of nitrogens with zero attached hydrogens (tertiary/aromatic N) is 1. The molecule has 0 aliphatic carbocycles. The fourth-order valence-electron chi connectivity index (χ4n) is 1.08. The van der Waals surface area contributed by atoms with E-state index in [0.29, 0.717) is 0 Å². The molecule has 82 valence electrons. The van der Waals surface area contributed by atoms with Crippen LogP contribution >= 0.6 is 0 Å². The molecule has 4 N–H and O–H groups in total. The van der Waals surface area contributed by atoms with Gasteiger partial charge in [-0.25, -0.2) is 4.79 Å². The number of nitrogens with one attached hydrogen (secondary N) is 1. The summed E-state index contributed by atoms with van der Waals surface area (Å²) in [5.74, 6) is -1.01. The summed E-state index contributed by atoms with van der Waals surface area (Å²) in [6.45, 7) is 0.0145. The maximum absolute atomic E-state index is 11.2. The monoisotopic (exact) mass is 213 g/mol. The normalized spacial score (nSPS) is 10.2. The third kappa shape index (κ3) is 2.78. The topological polar surface area (TPSA) is 118 Å². The standard InChI is InChI=1S/C8H11N3O4/c9-3-5-4-11(2-1-6(12)13)8(15)10-7(5)14/h4H,1-3,9H2,(H,12,13)(H,10,14,15). The number of aliphatic carboxylic acids is 1. The molecule has 1 heterocycles. The first-order valence-corrected chi connectivity index (χ1v) is 4.29. The van der Waals surface area contributed by atoms with Gasteiger partial charge < -0.3 is 10.8 Å². The van der Waals surface area contributed by atoms with E-state index in [2.05, 4.69) is 4.98 Å². The van der Waals surface area contributed by atoms with Gasteiger partial charge in [-0.15, -0.1) is 0 Å². The lowest BCUT2D eigenvalue weighted by Crippen LogP contribution is -2.33. The molecule has 0 radical (unpaired) electrons. The van der Waals surface area contributed by atoms with E-state index in [-0.39, 0.29) is 25.1 Å². The number of hydrogen-bond acceptors (Lipinski definition) is 4. The van der Waals surface area contributed by atoms with Crippen LogP contribution < -0.4 is 17.0 Å². The Morgan fingerprint density at radius 1 is 1.53 bits per heavy atom. The van der Waals surface area contributed by atoms with Crippen molar-refractivity contribution >= 4 is 5.97 Å². The van der Waals surface area contributed by atoms with Gasteiger partial charge in [0.15, 0.2) is 0 Å². The minimum absolute atomic E-state index is 0.00266. The smallest absolute Gasteiger partial charge is 0.328 e. The molecule has 0 unspecified atom stereocenters. The molecule has 0 aliphatic heterocycles. The van der Waals surface area contributed by atoms with Crippen LogP contribution in [0.1, 0.15) is 12.0 Å². The summed E-state index contributed by atoms with van der Waals surface area (Å²) in [5.41, 5.74) is 4.36. The minimum atomic E-state index is -1.01. The van der Waals surface area contributed by atoms with Crippen LogP contribution in [0.3, 0.4) is 0 Å². The van der Waals surface area contributed by atoms with Gasteiger partial charge in [-0.05, 0) is 0 Å². The Hall–Kier alpha value is -1.89. The predicted molar refractivity (Wildman–Crippen MR) is 51.5 cm³/mol. The van der Waals surface area contributed by atoms with Crippen LogP contribution in [0.15, 0.2) is 15.8 Å². The van der Waals surface area contributed by atoms with Gasteiger partial charge >= 0.3 is 11.7 Å². The van der Waals surface area contributed by atoms with Crippen molar-refractivity contribution < 1.29 is 9.90 Å². The zero-order valence-electron chi connectivity index (χ0n) is 7.90. The highest BCUT2D eigenvalue weighted by Crippen LogP contribution is 1.89. The second-order valence-corrected chi connectivity index (χ2v) is 2.95. The molecular formula is C8H11N3O4. The van der Waals surface area contributed by atoms with Crippen molar-refractivity contribution in [2.24, 2.45) is 5.73 Å². The first-order valence-electron chi connectivity index (χ1n) is 4.29. The van der Waals surface area contributed by atoms with Crippen molar-refractivity contribution in [1.29, 1.82) is 0 Å². The molecule has 0 amide bonds. The lowest BCUT2D eigenvalue weighted by atomic mass is 10.3. The predicted octanol–water partition coefficient (Wildman–Crippen LogP) is -1.53. The largest absolute Gasteiger partial charge is 0.481 e. The lowest BCUT2D eigenvalue weighted by molar-refractivity contribution is -0.137. The number of rotatable bonds is 4. The first kappa shape index (κ1) is 11.2. The van der Waals surface area contributed by atoms with Crippen molar-refractivity contribution in [1.82, 2.24) is 9.55 Å². The number of aromatic nitrogens is 2. The molecule has 0 aliphatic rings. The van der Waals surface area contributed by atoms with E-state index in [1.165, 1.54) is 6.20 Å². The third-order valence-electron chi connectivity index (χ3n) is 1.87. The number of aromatic amines is 1. The number of carboxylic acid groups (broad SMARTS) is 1. The van der Waals surface area contributed by atoms with Crippen LogP contribution in [0.25, 0.3) is 0 Å². The molecule has 0 saturated heterocycles. The van der Waals surface area contributed by atoms with Gasteiger partial charge in [0.1, 0.15) is 0 Å². The number of hydrogen-bond donors (Lipinski definition) is 3. The summed E-state index contributed by atoms with van der Waals surface area (Å²) in [6, 6.07) is 0. The van der Waals surface area contributed by atoms with E-state index in [9.17, 15) is 14.4 Å². The number of nitrogens with two attached hydrogens (primary N) is 1. The third-order valence-corrected chi connectivity index (χ3v) is 1.87. The van der Waals surface area contributed by atoms with Crippen molar-refractivity contribution in [3.05, 3.63) is 32.6 Å². The van der Waals surface area contributed by atoms with Crippen molar-refractivity contribution in [3.8, 4) is 0 Å². The van der Waals surface area contributed by atoms with E-state index >= 15 is 0 Å². The molecule has 0 fully saturated rings. The highest BCUT2D eigenvalue weighted by Gasteiger charge is 2.04. The summed E-state index contributed by atoms with van der Waals surface area (Å²) in [4.78, 5) is 34.6. The molecule has 1 aromatic heterocycles. The molecule has 7 nitrogen and oxygen atoms in total. The fourth-order valence-corrected chi connectivity index (χ4v) is 1.08. The Bertz CT molecular complexity index is 474. The molecule has 1 aromatic rings. The number of carbonyl (C=O) groups is 1. The van der Waals surface area contributed by atoms with E-state index in [1.54, 1.807) is 0 Å². The van der Waals surface area contributed by atoms with Crippen LogP contribution in [0.2, 0.25) is 0 Å². The average molecular weight is 213 g/mol. The van der Waals surface area contributed by atoms with Gasteiger partial charge in [0.25, 0.3) is 5.56 Å². The SMILES string of the molecule is NCc1cn(CCC(=O)O)c(=O)[nH]c1=O. The molecule has 15 heavy (non-hydrogen) atoms. The fraction of sp³-hybridized carbons (Fsp3) is 0.375. The van der Waals surface area contributed by atoms with Gasteiger partial charge in [0.05, 0.1) is 6.42 Å². The summed E-state index contributed by atoms with van der Waals surface area (Å²) in [5, 5.41) is 8.43. The second kappa shape index (κ2) is 4.56. The van der Waals surface area contributed by atoms with Crippen LogP contribution in [0.4, 0.5) is 0 Å². The molecular weight excluding hydrogens is 202 g/mol. The Labute approximate surface area is 84.2 Å². The minimum Gasteiger partial charge on any atom is -0.481 e. The van der Waals surface area contributed by atoms with Crippen molar-refractivity contribution in [3.63, 3.8) is 0 Å². The van der Waals surface area contributed by atoms with Gasteiger partial charge in [-0.2, -0.15) is 0 Å². The molecule has 0 atom stereocenters. The van der Waals surface area contributed by atoms with Gasteiger partial charge in [0, 0.05) is 24.8 Å². The summed E-state index contributed by atoms with van der Waals surface area (Å²) < 4.78 is 1.12. The van der Waals surface area contributed by atoms with E-state index in [0.717, 1.165) is 4.57 Å². The number of aryl methyl sites for hydroxylation is 1. The Kier molecular flexibility index (Phi) is 3.40. The Balaban J connectivity index is 3.03. The zero-order valence-corrected chi connectivity index (χ0v) is 7.90. The van der Waals surface area contributed by atoms with E-state index in [1.807, 2.05) is 0 Å². The summed E-state index contributed by atoms with van der Waals surface area (Å²) in [7, 11) is 0. The number of carboxylic acids is 1. The van der Waals surface area contributed by atoms with E-state index in [4.69, 9.17) is 10.8 Å². The van der Waals surface area contributed by atoms with E-state index < -0.39 is 17.2 Å².